The Morgan fingerprint density at radius 2 is 0.639 bits per heavy atom. The summed E-state index contributed by atoms with van der Waals surface area (Å²) in [7, 11) is 0. The molecule has 61 heavy (non-hydrogen) atoms. The van der Waals surface area contributed by atoms with Crippen molar-refractivity contribution in [2.24, 2.45) is 0 Å². The van der Waals surface area contributed by atoms with E-state index in [9.17, 15) is 0 Å². The van der Waals surface area contributed by atoms with Crippen molar-refractivity contribution in [1.82, 2.24) is 0 Å². The zero-order chi connectivity index (χ0) is 39.9. The van der Waals surface area contributed by atoms with E-state index in [0.717, 1.165) is 11.5 Å². The van der Waals surface area contributed by atoms with Crippen molar-refractivity contribution in [1.29, 1.82) is 0 Å². The Labute approximate surface area is 354 Å². The number of hydrogen-bond acceptors (Lipinski definition) is 1. The van der Waals surface area contributed by atoms with Gasteiger partial charge in [-0.15, -0.1) is 0 Å². The van der Waals surface area contributed by atoms with Crippen LogP contribution < -0.4 is 4.74 Å². The second-order valence-corrected chi connectivity index (χ2v) is 17.0. The van der Waals surface area contributed by atoms with Crippen molar-refractivity contribution in [3.05, 3.63) is 263 Å². The average Bonchev–Trinajstić information content (AvgIpc) is 3.79. The van der Waals surface area contributed by atoms with Crippen LogP contribution in [0.5, 0.6) is 11.5 Å². The summed E-state index contributed by atoms with van der Waals surface area (Å²) in [5, 5.41) is 2.62. The van der Waals surface area contributed by atoms with Crippen LogP contribution in [0.15, 0.2) is 218 Å². The number of para-hydroxylation sites is 1. The topological polar surface area (TPSA) is 9.23 Å². The lowest BCUT2D eigenvalue weighted by Crippen LogP contribution is -2.32. The third-order valence-electron chi connectivity index (χ3n) is 14.4. The maximum absolute atomic E-state index is 6.82. The van der Waals surface area contributed by atoms with Gasteiger partial charge in [0.05, 0.1) is 10.8 Å². The van der Waals surface area contributed by atoms with Crippen molar-refractivity contribution in [2.45, 2.75) is 10.8 Å². The van der Waals surface area contributed by atoms with E-state index in [1.165, 1.54) is 111 Å². The smallest absolute Gasteiger partial charge is 0.132 e. The minimum Gasteiger partial charge on any atom is -0.457 e. The Balaban J connectivity index is 1.01. The van der Waals surface area contributed by atoms with Gasteiger partial charge in [0.2, 0.25) is 0 Å². The normalized spacial score (nSPS) is 16.2. The van der Waals surface area contributed by atoms with E-state index in [2.05, 4.69) is 218 Å². The van der Waals surface area contributed by atoms with Gasteiger partial charge in [-0.2, -0.15) is 0 Å². The number of rotatable bonds is 2. The number of hydrogen-bond donors (Lipinski definition) is 0. The van der Waals surface area contributed by atoms with Crippen LogP contribution in [-0.2, 0) is 10.8 Å². The molecule has 1 nitrogen and oxygen atoms in total. The maximum atomic E-state index is 6.82. The van der Waals surface area contributed by atoms with Gasteiger partial charge in [0.15, 0.2) is 0 Å². The standard InChI is InChI=1S/C60H36O/c1-2-18-41(39-32-34-57-55(36-39)59(52-28-11-12-30-56(52)61-57)48-24-7-3-19-42(48)43-20-4-8-25-49(43)59)40(17-1)38-31-33-46-44-21-5-9-26-50(44)60(54(46)35-38)51-27-10-6-22-45(51)47-23-13-15-37-16-14-29-53(60)58(37)47/h1-36H. The molecule has 1 aliphatic heterocycles. The molecule has 10 aromatic rings. The summed E-state index contributed by atoms with van der Waals surface area (Å²) in [5.74, 6) is 1.81. The summed E-state index contributed by atoms with van der Waals surface area (Å²) in [6.07, 6.45) is 0. The summed E-state index contributed by atoms with van der Waals surface area (Å²) >= 11 is 0. The second-order valence-electron chi connectivity index (χ2n) is 17.0. The highest BCUT2D eigenvalue weighted by atomic mass is 16.5. The first kappa shape index (κ1) is 33.1. The highest BCUT2D eigenvalue weighted by molar-refractivity contribution is 6.07. The summed E-state index contributed by atoms with van der Waals surface area (Å²) in [5.41, 5.74) is 21.9. The molecule has 0 bridgehead atoms. The van der Waals surface area contributed by atoms with Gasteiger partial charge in [-0.3, -0.25) is 0 Å². The average molecular weight is 773 g/mol. The van der Waals surface area contributed by atoms with Crippen LogP contribution in [0.4, 0.5) is 0 Å². The van der Waals surface area contributed by atoms with Crippen LogP contribution in [-0.4, -0.2) is 0 Å². The fraction of sp³-hybridized carbons (Fsp3) is 0.0333. The van der Waals surface area contributed by atoms with Gasteiger partial charge < -0.3 is 4.74 Å². The summed E-state index contributed by atoms with van der Waals surface area (Å²) in [6.45, 7) is 0. The molecular weight excluding hydrogens is 737 g/mol. The van der Waals surface area contributed by atoms with E-state index < -0.39 is 10.8 Å². The van der Waals surface area contributed by atoms with Crippen LogP contribution in [0, 0.1) is 0 Å². The molecule has 1 heteroatoms. The van der Waals surface area contributed by atoms with Gasteiger partial charge >= 0.3 is 0 Å². The Kier molecular flexibility index (Phi) is 6.48. The van der Waals surface area contributed by atoms with E-state index in [1.807, 2.05) is 0 Å². The molecule has 10 aromatic carbocycles. The van der Waals surface area contributed by atoms with Crippen molar-refractivity contribution in [3.8, 4) is 67.1 Å². The van der Waals surface area contributed by atoms with Gasteiger partial charge in [0.25, 0.3) is 0 Å². The van der Waals surface area contributed by atoms with E-state index in [-0.39, 0.29) is 0 Å². The SMILES string of the molecule is c1ccc2c(c1)Oc1ccc(-c3ccccc3-c3ccc4c(c3)C3(c5ccccc5-4)c4ccccc4-c4cccc5cccc3c45)cc1C21c2ccccc2-c2ccccc21. The van der Waals surface area contributed by atoms with Gasteiger partial charge in [-0.1, -0.05) is 194 Å². The molecule has 1 atom stereocenters. The van der Waals surface area contributed by atoms with Crippen LogP contribution in [0.25, 0.3) is 66.4 Å². The molecule has 3 aliphatic carbocycles. The van der Waals surface area contributed by atoms with E-state index in [0.29, 0.717) is 0 Å². The van der Waals surface area contributed by atoms with E-state index in [4.69, 9.17) is 4.74 Å². The highest BCUT2D eigenvalue weighted by Crippen LogP contribution is 2.64. The molecular formula is C60H36O. The Bertz CT molecular complexity index is 3480. The third kappa shape index (κ3) is 4.06. The second kappa shape index (κ2) is 11.9. The molecule has 4 aliphatic rings. The molecule has 0 aromatic heterocycles. The quantitative estimate of drug-likeness (QED) is 0.170. The van der Waals surface area contributed by atoms with Crippen molar-refractivity contribution in [3.63, 3.8) is 0 Å². The lowest BCUT2D eigenvalue weighted by Gasteiger charge is -2.40. The monoisotopic (exact) mass is 772 g/mol. The zero-order valence-electron chi connectivity index (χ0n) is 33.2. The van der Waals surface area contributed by atoms with Crippen molar-refractivity contribution < 1.29 is 4.74 Å². The predicted octanol–water partition coefficient (Wildman–Crippen LogP) is 15.0. The minimum atomic E-state index is -0.528. The molecule has 1 heterocycles. The largest absolute Gasteiger partial charge is 0.457 e. The van der Waals surface area contributed by atoms with E-state index >= 15 is 0 Å². The Morgan fingerprint density at radius 1 is 0.246 bits per heavy atom. The van der Waals surface area contributed by atoms with Crippen molar-refractivity contribution in [2.75, 3.05) is 0 Å². The van der Waals surface area contributed by atoms with Crippen molar-refractivity contribution >= 4 is 10.8 Å². The van der Waals surface area contributed by atoms with Gasteiger partial charge in [0, 0.05) is 11.1 Å². The van der Waals surface area contributed by atoms with E-state index in [1.54, 1.807) is 0 Å². The molecule has 2 spiro atoms. The lowest BCUT2D eigenvalue weighted by atomic mass is 9.61. The predicted molar refractivity (Wildman–Crippen MR) is 248 cm³/mol. The van der Waals surface area contributed by atoms with Gasteiger partial charge in [0.1, 0.15) is 11.5 Å². The molecule has 0 fully saturated rings. The minimum absolute atomic E-state index is 0.479. The van der Waals surface area contributed by atoms with Crippen LogP contribution >= 0.6 is 0 Å². The number of ether oxygens (including phenoxy) is 1. The summed E-state index contributed by atoms with van der Waals surface area (Å²) in [4.78, 5) is 0. The number of fused-ring (bicyclic) bond motifs is 18. The highest BCUT2D eigenvalue weighted by Gasteiger charge is 2.52. The Morgan fingerprint density at radius 3 is 1.25 bits per heavy atom. The number of benzene rings is 10. The molecule has 282 valence electrons. The third-order valence-corrected chi connectivity index (χ3v) is 14.4. The first-order valence-corrected chi connectivity index (χ1v) is 21.3. The van der Waals surface area contributed by atoms with Crippen LogP contribution in [0.1, 0.15) is 44.5 Å². The molecule has 0 saturated heterocycles. The molecule has 14 rings (SSSR count). The first-order chi connectivity index (χ1) is 30.3. The fourth-order valence-electron chi connectivity index (χ4n) is 12.1. The fourth-order valence-corrected chi connectivity index (χ4v) is 12.1. The van der Waals surface area contributed by atoms with Crippen LogP contribution in [0.3, 0.4) is 0 Å². The molecule has 0 amide bonds. The maximum Gasteiger partial charge on any atom is 0.132 e. The lowest BCUT2D eigenvalue weighted by molar-refractivity contribution is 0.436. The van der Waals surface area contributed by atoms with Crippen LogP contribution in [0.2, 0.25) is 0 Å². The summed E-state index contributed by atoms with van der Waals surface area (Å²) < 4.78 is 6.82. The molecule has 0 radical (unpaired) electrons. The molecule has 0 saturated carbocycles. The zero-order valence-corrected chi connectivity index (χ0v) is 33.2. The molecule has 0 N–H and O–H groups in total. The first-order valence-electron chi connectivity index (χ1n) is 21.3. The Hall–Kier alpha value is -7.74. The summed E-state index contributed by atoms with van der Waals surface area (Å²) in [6, 6.07) is 81.5. The molecule has 1 unspecified atom stereocenters. The van der Waals surface area contributed by atoms with Gasteiger partial charge in [-0.05, 0) is 124 Å². The van der Waals surface area contributed by atoms with Gasteiger partial charge in [-0.25, -0.2) is 0 Å².